The molecular formula is C22H24FN3OS2. The number of hydrogen-bond donors (Lipinski definition) is 1. The largest absolute Gasteiger partial charge is 0.302 e. The number of rotatable bonds is 4. The standard InChI is InChI=1S/C22H24FN3OS2/c1-13-10-15(3)20-19(11-13)28-22(24-20)25-21(27)16-6-8-26(9-7-16)29-18-5-4-17(23)12-14(18)2/h4-5,10-12,16H,6-9H2,1-3H3,(H,24,25,27). The number of halogens is 1. The summed E-state index contributed by atoms with van der Waals surface area (Å²) in [4.78, 5) is 18.4. The molecule has 1 aromatic heterocycles. The summed E-state index contributed by atoms with van der Waals surface area (Å²) in [6.07, 6.45) is 1.62. The van der Waals surface area contributed by atoms with Crippen molar-refractivity contribution < 1.29 is 9.18 Å². The first-order valence-electron chi connectivity index (χ1n) is 9.77. The number of carbonyl (C=O) groups is 1. The van der Waals surface area contributed by atoms with Gasteiger partial charge in [0.05, 0.1) is 10.2 Å². The minimum absolute atomic E-state index is 0.00369. The third-order valence-electron chi connectivity index (χ3n) is 5.25. The van der Waals surface area contributed by atoms with Gasteiger partial charge in [-0.05, 0) is 86.5 Å². The lowest BCUT2D eigenvalue weighted by Gasteiger charge is -2.30. The predicted octanol–water partition coefficient (Wildman–Crippen LogP) is 5.72. The van der Waals surface area contributed by atoms with Crippen LogP contribution in [0, 0.1) is 32.5 Å². The third-order valence-corrected chi connectivity index (χ3v) is 7.45. The van der Waals surface area contributed by atoms with Gasteiger partial charge in [0.25, 0.3) is 0 Å². The van der Waals surface area contributed by atoms with E-state index in [2.05, 4.69) is 40.6 Å². The van der Waals surface area contributed by atoms with Crippen molar-refractivity contribution in [2.24, 2.45) is 5.92 Å². The quantitative estimate of drug-likeness (QED) is 0.539. The Labute approximate surface area is 178 Å². The summed E-state index contributed by atoms with van der Waals surface area (Å²) in [5.74, 6) is -0.153. The van der Waals surface area contributed by atoms with Gasteiger partial charge in [-0.3, -0.25) is 4.79 Å². The van der Waals surface area contributed by atoms with E-state index in [-0.39, 0.29) is 17.6 Å². The third kappa shape index (κ3) is 4.63. The highest BCUT2D eigenvalue weighted by molar-refractivity contribution is 7.97. The minimum Gasteiger partial charge on any atom is -0.302 e. The van der Waals surface area contributed by atoms with E-state index in [4.69, 9.17) is 0 Å². The van der Waals surface area contributed by atoms with Crippen LogP contribution in [0.25, 0.3) is 10.2 Å². The number of nitrogens with one attached hydrogen (secondary N) is 1. The van der Waals surface area contributed by atoms with Gasteiger partial charge in [0, 0.05) is 23.9 Å². The second kappa shape index (κ2) is 8.42. The fraction of sp³-hybridized carbons (Fsp3) is 0.364. The van der Waals surface area contributed by atoms with E-state index < -0.39 is 0 Å². The molecule has 0 atom stereocenters. The lowest BCUT2D eigenvalue weighted by Crippen LogP contribution is -2.34. The van der Waals surface area contributed by atoms with Gasteiger partial charge >= 0.3 is 0 Å². The molecule has 0 radical (unpaired) electrons. The van der Waals surface area contributed by atoms with Gasteiger partial charge in [0.2, 0.25) is 5.91 Å². The maximum absolute atomic E-state index is 13.3. The first kappa shape index (κ1) is 20.3. The van der Waals surface area contributed by atoms with Crippen LogP contribution in [0.1, 0.15) is 29.5 Å². The molecule has 0 unspecified atom stereocenters. The zero-order valence-corrected chi connectivity index (χ0v) is 18.4. The van der Waals surface area contributed by atoms with E-state index in [9.17, 15) is 9.18 Å². The Morgan fingerprint density at radius 2 is 1.93 bits per heavy atom. The van der Waals surface area contributed by atoms with E-state index in [0.29, 0.717) is 5.13 Å². The molecule has 1 amide bonds. The number of nitrogens with zero attached hydrogens (tertiary/aromatic N) is 2. The number of piperidine rings is 1. The molecule has 0 aliphatic carbocycles. The molecule has 0 bridgehead atoms. The Balaban J connectivity index is 1.35. The maximum atomic E-state index is 13.3. The second-order valence-corrected chi connectivity index (χ2v) is 9.81. The van der Waals surface area contributed by atoms with Gasteiger partial charge in [-0.1, -0.05) is 17.4 Å². The zero-order valence-electron chi connectivity index (χ0n) is 16.8. The van der Waals surface area contributed by atoms with Crippen molar-refractivity contribution in [3.63, 3.8) is 0 Å². The molecule has 2 heterocycles. The summed E-state index contributed by atoms with van der Waals surface area (Å²) >= 11 is 3.18. The van der Waals surface area contributed by atoms with E-state index in [0.717, 1.165) is 52.2 Å². The lowest BCUT2D eigenvalue weighted by molar-refractivity contribution is -0.120. The zero-order chi connectivity index (χ0) is 20.5. The summed E-state index contributed by atoms with van der Waals surface area (Å²) in [5, 5.41) is 3.71. The van der Waals surface area contributed by atoms with Crippen LogP contribution in [-0.4, -0.2) is 28.3 Å². The second-order valence-electron chi connectivity index (χ2n) is 7.64. The lowest BCUT2D eigenvalue weighted by atomic mass is 9.97. The highest BCUT2D eigenvalue weighted by Crippen LogP contribution is 2.32. The summed E-state index contributed by atoms with van der Waals surface area (Å²) < 4.78 is 16.7. The van der Waals surface area contributed by atoms with Gasteiger partial charge in [-0.15, -0.1) is 0 Å². The normalized spacial score (nSPS) is 15.7. The van der Waals surface area contributed by atoms with Crippen LogP contribution in [0.3, 0.4) is 0 Å². The molecule has 7 heteroatoms. The van der Waals surface area contributed by atoms with Crippen LogP contribution in [0.5, 0.6) is 0 Å². The van der Waals surface area contributed by atoms with Crippen LogP contribution in [-0.2, 0) is 4.79 Å². The van der Waals surface area contributed by atoms with Crippen molar-refractivity contribution in [1.82, 2.24) is 9.29 Å². The van der Waals surface area contributed by atoms with Crippen molar-refractivity contribution in [2.45, 2.75) is 38.5 Å². The van der Waals surface area contributed by atoms with E-state index in [1.807, 2.05) is 13.0 Å². The highest BCUT2D eigenvalue weighted by Gasteiger charge is 2.26. The van der Waals surface area contributed by atoms with Gasteiger partial charge in [0.15, 0.2) is 5.13 Å². The Kier molecular flexibility index (Phi) is 5.90. The van der Waals surface area contributed by atoms with Crippen molar-refractivity contribution in [3.8, 4) is 0 Å². The predicted molar refractivity (Wildman–Crippen MR) is 119 cm³/mol. The van der Waals surface area contributed by atoms with E-state index >= 15 is 0 Å². The first-order chi connectivity index (χ1) is 13.9. The summed E-state index contributed by atoms with van der Waals surface area (Å²) in [6.45, 7) is 7.71. The van der Waals surface area contributed by atoms with Crippen molar-refractivity contribution >= 4 is 44.5 Å². The number of amides is 1. The van der Waals surface area contributed by atoms with Gasteiger partial charge in [0.1, 0.15) is 5.82 Å². The molecule has 1 aliphatic rings. The molecule has 152 valence electrons. The smallest absolute Gasteiger partial charge is 0.229 e. The molecule has 1 fully saturated rings. The van der Waals surface area contributed by atoms with Gasteiger partial charge in [-0.2, -0.15) is 0 Å². The fourth-order valence-corrected chi connectivity index (χ4v) is 5.74. The summed E-state index contributed by atoms with van der Waals surface area (Å²) in [7, 11) is 0. The number of aryl methyl sites for hydroxylation is 3. The SMILES string of the molecule is Cc1cc(C)c2nc(NC(=O)C3CCN(Sc4ccc(F)cc4C)CC3)sc2c1. The van der Waals surface area contributed by atoms with Crippen LogP contribution in [0.15, 0.2) is 35.2 Å². The fourth-order valence-electron chi connectivity index (χ4n) is 3.70. The molecule has 1 N–H and O–H groups in total. The molecule has 3 aromatic rings. The molecule has 2 aromatic carbocycles. The van der Waals surface area contributed by atoms with Crippen LogP contribution in [0.4, 0.5) is 9.52 Å². The molecule has 0 spiro atoms. The average molecular weight is 430 g/mol. The Morgan fingerprint density at radius 1 is 1.17 bits per heavy atom. The van der Waals surface area contributed by atoms with Crippen LogP contribution < -0.4 is 5.32 Å². The average Bonchev–Trinajstić information content (AvgIpc) is 3.07. The molecule has 4 nitrogen and oxygen atoms in total. The number of benzene rings is 2. The number of fused-ring (bicyclic) bond motifs is 1. The maximum Gasteiger partial charge on any atom is 0.229 e. The number of hydrogen-bond acceptors (Lipinski definition) is 5. The van der Waals surface area contributed by atoms with Gasteiger partial charge in [-0.25, -0.2) is 13.7 Å². The highest BCUT2D eigenvalue weighted by atomic mass is 32.2. The number of carbonyl (C=O) groups excluding carboxylic acids is 1. The van der Waals surface area contributed by atoms with Crippen LogP contribution >= 0.6 is 23.3 Å². The molecular weight excluding hydrogens is 405 g/mol. The van der Waals surface area contributed by atoms with Crippen molar-refractivity contribution in [1.29, 1.82) is 0 Å². The first-order valence-corrected chi connectivity index (χ1v) is 11.4. The number of aromatic nitrogens is 1. The Bertz CT molecular complexity index is 1060. The molecule has 1 saturated heterocycles. The van der Waals surface area contributed by atoms with E-state index in [1.54, 1.807) is 18.0 Å². The number of thiazole rings is 1. The van der Waals surface area contributed by atoms with Crippen LogP contribution in [0.2, 0.25) is 0 Å². The summed E-state index contributed by atoms with van der Waals surface area (Å²) in [5.41, 5.74) is 4.25. The Morgan fingerprint density at radius 3 is 2.66 bits per heavy atom. The van der Waals surface area contributed by atoms with Crippen molar-refractivity contribution in [2.75, 3.05) is 18.4 Å². The topological polar surface area (TPSA) is 45.2 Å². The minimum atomic E-state index is -0.206. The monoisotopic (exact) mass is 429 g/mol. The molecule has 4 rings (SSSR count). The Hall–Kier alpha value is -1.96. The van der Waals surface area contributed by atoms with E-state index in [1.165, 1.54) is 23.0 Å². The summed E-state index contributed by atoms with van der Waals surface area (Å²) in [6, 6.07) is 9.11. The molecule has 29 heavy (non-hydrogen) atoms. The number of anilines is 1. The molecule has 1 aliphatic heterocycles. The van der Waals surface area contributed by atoms with Crippen molar-refractivity contribution in [3.05, 3.63) is 52.8 Å². The molecule has 0 saturated carbocycles. The van der Waals surface area contributed by atoms with Gasteiger partial charge < -0.3 is 5.32 Å².